The molecule has 0 amide bonds. The van der Waals surface area contributed by atoms with Gasteiger partial charge in [-0.2, -0.15) is 5.10 Å². The first kappa shape index (κ1) is 16.7. The van der Waals surface area contributed by atoms with Crippen LogP contribution in [0.25, 0.3) is 10.9 Å². The molecular weight excluding hydrogens is 342 g/mol. The van der Waals surface area contributed by atoms with E-state index in [1.807, 2.05) is 24.3 Å². The van der Waals surface area contributed by atoms with Crippen LogP contribution in [0.5, 0.6) is 5.75 Å². The van der Waals surface area contributed by atoms with Crippen molar-refractivity contribution in [1.29, 1.82) is 0 Å². The number of pyridine rings is 1. The summed E-state index contributed by atoms with van der Waals surface area (Å²) in [5.41, 5.74) is 5.10. The second-order valence-electron chi connectivity index (χ2n) is 5.18. The largest absolute Gasteiger partial charge is 0.497 e. The van der Waals surface area contributed by atoms with Gasteiger partial charge in [0.15, 0.2) is 0 Å². The van der Waals surface area contributed by atoms with Crippen molar-refractivity contribution in [3.63, 3.8) is 0 Å². The average molecular weight is 356 g/mol. The van der Waals surface area contributed by atoms with Gasteiger partial charge >= 0.3 is 5.97 Å². The quantitative estimate of drug-likeness (QED) is 0.410. The number of ether oxygens (including phenoxy) is 1. The minimum Gasteiger partial charge on any atom is -0.497 e. The van der Waals surface area contributed by atoms with E-state index in [1.165, 1.54) is 12.1 Å². The molecule has 1 heterocycles. The number of rotatable bonds is 5. The van der Waals surface area contributed by atoms with Crippen LogP contribution in [0.4, 0.5) is 5.69 Å². The van der Waals surface area contributed by atoms with Crippen molar-refractivity contribution >= 4 is 40.4 Å². The lowest BCUT2D eigenvalue weighted by atomic mass is 10.1. The lowest BCUT2D eigenvalue weighted by Gasteiger charge is -2.05. The third-order valence-electron chi connectivity index (χ3n) is 3.53. The Balaban J connectivity index is 1.78. The second-order valence-corrected chi connectivity index (χ2v) is 5.54. The molecule has 2 N–H and O–H groups in total. The maximum absolute atomic E-state index is 10.8. The smallest absolute Gasteiger partial charge is 0.335 e. The molecule has 126 valence electrons. The first-order chi connectivity index (χ1) is 12.1. The topological polar surface area (TPSA) is 83.8 Å². The van der Waals surface area contributed by atoms with Crippen molar-refractivity contribution < 1.29 is 14.6 Å². The van der Waals surface area contributed by atoms with Crippen molar-refractivity contribution in [2.75, 3.05) is 12.5 Å². The monoisotopic (exact) mass is 355 g/mol. The first-order valence-electron chi connectivity index (χ1n) is 7.33. The van der Waals surface area contributed by atoms with E-state index in [9.17, 15) is 4.79 Å². The Morgan fingerprint density at radius 3 is 2.68 bits per heavy atom. The maximum atomic E-state index is 10.8. The van der Waals surface area contributed by atoms with E-state index >= 15 is 0 Å². The fourth-order valence-electron chi connectivity index (χ4n) is 2.22. The maximum Gasteiger partial charge on any atom is 0.335 e. The lowest BCUT2D eigenvalue weighted by Crippen LogP contribution is -1.97. The molecule has 0 radical (unpaired) electrons. The highest BCUT2D eigenvalue weighted by molar-refractivity contribution is 6.32. The molecule has 0 aliphatic heterocycles. The summed E-state index contributed by atoms with van der Waals surface area (Å²) >= 11 is 6.20. The summed E-state index contributed by atoms with van der Waals surface area (Å²) in [6.07, 6.45) is 1.56. The number of carboxylic acid groups (broad SMARTS) is 1. The molecule has 2 aromatic carbocycles. The van der Waals surface area contributed by atoms with E-state index in [0.29, 0.717) is 22.2 Å². The van der Waals surface area contributed by atoms with Crippen molar-refractivity contribution in [1.82, 2.24) is 4.98 Å². The molecule has 0 fully saturated rings. The normalized spacial score (nSPS) is 11.0. The molecule has 7 heteroatoms. The Bertz CT molecular complexity index is 956. The van der Waals surface area contributed by atoms with Gasteiger partial charge in [0.1, 0.15) is 10.9 Å². The summed E-state index contributed by atoms with van der Waals surface area (Å²) in [5, 5.41) is 14.2. The molecule has 0 aliphatic carbocycles. The minimum atomic E-state index is -0.972. The van der Waals surface area contributed by atoms with Crippen LogP contribution in [0.15, 0.2) is 53.6 Å². The molecule has 0 saturated heterocycles. The van der Waals surface area contributed by atoms with E-state index in [1.54, 1.807) is 25.5 Å². The van der Waals surface area contributed by atoms with Gasteiger partial charge in [-0.25, -0.2) is 9.78 Å². The number of hydrazone groups is 1. The van der Waals surface area contributed by atoms with Gasteiger partial charge in [0.2, 0.25) is 0 Å². The van der Waals surface area contributed by atoms with Gasteiger partial charge in [0.25, 0.3) is 0 Å². The zero-order valence-corrected chi connectivity index (χ0v) is 14.0. The highest BCUT2D eigenvalue weighted by Gasteiger charge is 2.05. The van der Waals surface area contributed by atoms with Crippen molar-refractivity contribution in [3.8, 4) is 5.75 Å². The molecule has 0 unspecified atom stereocenters. The number of aromatic carboxylic acids is 1. The van der Waals surface area contributed by atoms with E-state index in [0.717, 1.165) is 10.9 Å². The number of anilines is 1. The molecule has 25 heavy (non-hydrogen) atoms. The zero-order valence-electron chi connectivity index (χ0n) is 13.2. The van der Waals surface area contributed by atoms with Crippen LogP contribution in [0.1, 0.15) is 15.9 Å². The predicted molar refractivity (Wildman–Crippen MR) is 97.9 cm³/mol. The highest BCUT2D eigenvalue weighted by Crippen LogP contribution is 2.23. The summed E-state index contributed by atoms with van der Waals surface area (Å²) in [4.78, 5) is 15.2. The molecule has 0 bridgehead atoms. The Kier molecular flexibility index (Phi) is 4.81. The SMILES string of the molecule is COc1ccc2cc(/C=N/Nc3ccc(C(=O)O)cc3)c(Cl)nc2c1. The van der Waals surface area contributed by atoms with Crippen molar-refractivity contribution in [2.24, 2.45) is 5.10 Å². The first-order valence-corrected chi connectivity index (χ1v) is 7.71. The summed E-state index contributed by atoms with van der Waals surface area (Å²) < 4.78 is 5.17. The zero-order chi connectivity index (χ0) is 17.8. The molecule has 1 aromatic heterocycles. The van der Waals surface area contributed by atoms with Gasteiger partial charge in [-0.1, -0.05) is 11.6 Å². The van der Waals surface area contributed by atoms with Crippen molar-refractivity contribution in [2.45, 2.75) is 0 Å². The van der Waals surface area contributed by atoms with E-state index in [2.05, 4.69) is 15.5 Å². The lowest BCUT2D eigenvalue weighted by molar-refractivity contribution is 0.0697. The Hall–Kier alpha value is -3.12. The number of fused-ring (bicyclic) bond motifs is 1. The number of methoxy groups -OCH3 is 1. The van der Waals surface area contributed by atoms with Crippen LogP contribution in [0.2, 0.25) is 5.15 Å². The van der Waals surface area contributed by atoms with Gasteiger partial charge in [0.05, 0.1) is 30.1 Å². The number of halogens is 1. The van der Waals surface area contributed by atoms with Gasteiger partial charge in [-0.15, -0.1) is 0 Å². The number of carbonyl (C=O) groups is 1. The van der Waals surface area contributed by atoms with Crippen LogP contribution in [-0.2, 0) is 0 Å². The number of hydrogen-bond donors (Lipinski definition) is 2. The third kappa shape index (κ3) is 3.87. The Morgan fingerprint density at radius 1 is 1.24 bits per heavy atom. The molecule has 3 aromatic rings. The highest BCUT2D eigenvalue weighted by atomic mass is 35.5. The van der Waals surface area contributed by atoms with Crippen LogP contribution < -0.4 is 10.2 Å². The molecule has 0 spiro atoms. The second kappa shape index (κ2) is 7.19. The summed E-state index contributed by atoms with van der Waals surface area (Å²) in [7, 11) is 1.60. The number of aromatic nitrogens is 1. The summed E-state index contributed by atoms with van der Waals surface area (Å²) in [6.45, 7) is 0. The van der Waals surface area contributed by atoms with Gasteiger partial charge in [-0.05, 0) is 42.5 Å². The molecule has 0 aliphatic rings. The molecular formula is C18H14ClN3O3. The van der Waals surface area contributed by atoms with Crippen LogP contribution in [-0.4, -0.2) is 29.4 Å². The third-order valence-corrected chi connectivity index (χ3v) is 3.84. The molecule has 0 saturated carbocycles. The Morgan fingerprint density at radius 2 is 2.00 bits per heavy atom. The van der Waals surface area contributed by atoms with Crippen molar-refractivity contribution in [3.05, 3.63) is 64.8 Å². The minimum absolute atomic E-state index is 0.215. The fourth-order valence-corrected chi connectivity index (χ4v) is 2.42. The van der Waals surface area contributed by atoms with Gasteiger partial charge in [0, 0.05) is 17.0 Å². The van der Waals surface area contributed by atoms with E-state index < -0.39 is 5.97 Å². The van der Waals surface area contributed by atoms with Gasteiger partial charge in [-0.3, -0.25) is 5.43 Å². The number of carboxylic acids is 1. The standard InChI is InChI=1S/C18H14ClN3O3/c1-25-15-7-4-12-8-13(17(19)21-16(12)9-15)10-20-22-14-5-2-11(3-6-14)18(23)24/h2-10,22H,1H3,(H,23,24)/b20-10+. The van der Waals surface area contributed by atoms with Crippen LogP contribution >= 0.6 is 11.6 Å². The van der Waals surface area contributed by atoms with Gasteiger partial charge < -0.3 is 9.84 Å². The number of nitrogens with zero attached hydrogens (tertiary/aromatic N) is 2. The van der Waals surface area contributed by atoms with Crippen LogP contribution in [0, 0.1) is 0 Å². The average Bonchev–Trinajstić information content (AvgIpc) is 2.62. The number of hydrogen-bond acceptors (Lipinski definition) is 5. The Labute approximate surface area is 148 Å². The fraction of sp³-hybridized carbons (Fsp3) is 0.0556. The predicted octanol–water partition coefficient (Wildman–Crippen LogP) is 4.04. The van der Waals surface area contributed by atoms with Crippen LogP contribution in [0.3, 0.4) is 0 Å². The summed E-state index contributed by atoms with van der Waals surface area (Å²) in [5.74, 6) is -0.260. The number of benzene rings is 2. The molecule has 0 atom stereocenters. The van der Waals surface area contributed by atoms with E-state index in [4.69, 9.17) is 21.4 Å². The summed E-state index contributed by atoms with van der Waals surface area (Å²) in [6, 6.07) is 13.7. The molecule has 6 nitrogen and oxygen atoms in total. The number of nitrogens with one attached hydrogen (secondary N) is 1. The molecule has 3 rings (SSSR count). The van der Waals surface area contributed by atoms with E-state index in [-0.39, 0.29) is 5.56 Å².